The highest BCUT2D eigenvalue weighted by atomic mass is 16.5. The first kappa shape index (κ1) is 12.4. The van der Waals surface area contributed by atoms with Gasteiger partial charge in [-0.05, 0) is 18.8 Å². The third-order valence-corrected chi connectivity index (χ3v) is 2.75. The minimum Gasteiger partial charge on any atom is -0.396 e. The van der Waals surface area contributed by atoms with Crippen molar-refractivity contribution in [2.45, 2.75) is 18.9 Å². The molecule has 0 aliphatic carbocycles. The predicted octanol–water partition coefficient (Wildman–Crippen LogP) is -0.809. The van der Waals surface area contributed by atoms with E-state index in [0.717, 1.165) is 19.4 Å². The minimum atomic E-state index is -0.576. The number of nitrogens with two attached hydrogens (primary N) is 1. The van der Waals surface area contributed by atoms with Crippen LogP contribution in [-0.4, -0.2) is 55.4 Å². The van der Waals surface area contributed by atoms with Crippen LogP contribution in [0.4, 0.5) is 0 Å². The van der Waals surface area contributed by atoms with Gasteiger partial charge in [-0.3, -0.25) is 4.79 Å². The Morgan fingerprint density at radius 1 is 1.73 bits per heavy atom. The largest absolute Gasteiger partial charge is 0.396 e. The van der Waals surface area contributed by atoms with Gasteiger partial charge in [0.25, 0.3) is 0 Å². The zero-order valence-electron chi connectivity index (χ0n) is 9.19. The van der Waals surface area contributed by atoms with Crippen LogP contribution in [-0.2, 0) is 9.53 Å². The average molecular weight is 216 g/mol. The van der Waals surface area contributed by atoms with Gasteiger partial charge in [-0.15, -0.1) is 0 Å². The lowest BCUT2D eigenvalue weighted by Gasteiger charge is -2.33. The molecule has 1 aliphatic heterocycles. The van der Waals surface area contributed by atoms with Crippen LogP contribution in [0.5, 0.6) is 0 Å². The number of likely N-dealkylation sites (tertiary alicyclic amines) is 1. The Morgan fingerprint density at radius 3 is 3.07 bits per heavy atom. The first-order valence-corrected chi connectivity index (χ1v) is 5.33. The van der Waals surface area contributed by atoms with E-state index in [4.69, 9.17) is 15.6 Å². The summed E-state index contributed by atoms with van der Waals surface area (Å²) in [5, 5.41) is 9.04. The third kappa shape index (κ3) is 3.44. The molecule has 0 aromatic rings. The van der Waals surface area contributed by atoms with Crippen molar-refractivity contribution in [3.63, 3.8) is 0 Å². The molecule has 15 heavy (non-hydrogen) atoms. The topological polar surface area (TPSA) is 75.8 Å². The maximum absolute atomic E-state index is 11.8. The van der Waals surface area contributed by atoms with Crippen molar-refractivity contribution in [1.29, 1.82) is 0 Å². The standard InChI is InChI=1S/C10H20N2O3/c1-15-7-9(11)10(14)12-4-2-3-8(5-12)6-13/h8-9,13H,2-7,11H2,1H3. The van der Waals surface area contributed by atoms with Crippen LogP contribution in [0.1, 0.15) is 12.8 Å². The van der Waals surface area contributed by atoms with E-state index in [1.165, 1.54) is 7.11 Å². The fourth-order valence-corrected chi connectivity index (χ4v) is 1.90. The molecule has 1 rings (SSSR count). The van der Waals surface area contributed by atoms with Gasteiger partial charge in [0.2, 0.25) is 5.91 Å². The third-order valence-electron chi connectivity index (χ3n) is 2.75. The number of ether oxygens (including phenoxy) is 1. The number of carbonyl (C=O) groups is 1. The molecule has 3 N–H and O–H groups in total. The van der Waals surface area contributed by atoms with Crippen LogP contribution >= 0.6 is 0 Å². The number of nitrogens with zero attached hydrogens (tertiary/aromatic N) is 1. The number of methoxy groups -OCH3 is 1. The molecule has 0 bridgehead atoms. The predicted molar refractivity (Wildman–Crippen MR) is 56.2 cm³/mol. The fraction of sp³-hybridized carbons (Fsp3) is 0.900. The van der Waals surface area contributed by atoms with Crippen molar-refractivity contribution in [1.82, 2.24) is 4.90 Å². The number of carbonyl (C=O) groups excluding carboxylic acids is 1. The Labute approximate surface area is 90.2 Å². The first-order chi connectivity index (χ1) is 7.19. The lowest BCUT2D eigenvalue weighted by Crippen LogP contribution is -2.50. The molecule has 2 atom stereocenters. The molecule has 5 nitrogen and oxygen atoms in total. The van der Waals surface area contributed by atoms with Crippen LogP contribution in [0.25, 0.3) is 0 Å². The van der Waals surface area contributed by atoms with E-state index in [0.29, 0.717) is 6.54 Å². The molecule has 0 saturated carbocycles. The second-order valence-electron chi connectivity index (χ2n) is 4.04. The summed E-state index contributed by atoms with van der Waals surface area (Å²) in [5.41, 5.74) is 5.67. The number of aliphatic hydroxyl groups is 1. The second kappa shape index (κ2) is 6.05. The minimum absolute atomic E-state index is 0.0741. The fourth-order valence-electron chi connectivity index (χ4n) is 1.90. The van der Waals surface area contributed by atoms with E-state index in [9.17, 15) is 4.79 Å². The molecule has 5 heteroatoms. The molecule has 0 spiro atoms. The number of piperidine rings is 1. The van der Waals surface area contributed by atoms with Gasteiger partial charge in [0, 0.05) is 26.8 Å². The Morgan fingerprint density at radius 2 is 2.47 bits per heavy atom. The molecule has 0 radical (unpaired) electrons. The zero-order chi connectivity index (χ0) is 11.3. The lowest BCUT2D eigenvalue weighted by atomic mass is 9.98. The monoisotopic (exact) mass is 216 g/mol. The van der Waals surface area contributed by atoms with Crippen molar-refractivity contribution in [3.8, 4) is 0 Å². The molecular weight excluding hydrogens is 196 g/mol. The van der Waals surface area contributed by atoms with Crippen molar-refractivity contribution in [2.75, 3.05) is 33.4 Å². The highest BCUT2D eigenvalue weighted by Gasteiger charge is 2.26. The molecule has 1 aliphatic rings. The molecule has 2 unspecified atom stereocenters. The maximum Gasteiger partial charge on any atom is 0.241 e. The summed E-state index contributed by atoms with van der Waals surface area (Å²) >= 11 is 0. The number of amides is 1. The molecule has 1 amide bonds. The van der Waals surface area contributed by atoms with E-state index in [1.54, 1.807) is 4.90 Å². The van der Waals surface area contributed by atoms with Crippen LogP contribution in [0.2, 0.25) is 0 Å². The average Bonchev–Trinajstić information content (AvgIpc) is 2.28. The maximum atomic E-state index is 11.8. The number of hydrogen-bond acceptors (Lipinski definition) is 4. The van der Waals surface area contributed by atoms with Crippen molar-refractivity contribution >= 4 is 5.91 Å². The van der Waals surface area contributed by atoms with Crippen LogP contribution < -0.4 is 5.73 Å². The van der Waals surface area contributed by atoms with E-state index < -0.39 is 6.04 Å². The first-order valence-electron chi connectivity index (χ1n) is 5.33. The Kier molecular flexibility index (Phi) is 5.01. The van der Waals surface area contributed by atoms with Gasteiger partial charge in [-0.2, -0.15) is 0 Å². The summed E-state index contributed by atoms with van der Waals surface area (Å²) in [6, 6.07) is -0.576. The van der Waals surface area contributed by atoms with Gasteiger partial charge in [0.15, 0.2) is 0 Å². The molecular formula is C10H20N2O3. The van der Waals surface area contributed by atoms with E-state index in [-0.39, 0.29) is 25.0 Å². The summed E-state index contributed by atoms with van der Waals surface area (Å²) in [6.45, 7) is 1.75. The summed E-state index contributed by atoms with van der Waals surface area (Å²) in [6.07, 6.45) is 1.93. The molecule has 0 aromatic heterocycles. The molecule has 1 heterocycles. The Bertz CT molecular complexity index is 211. The molecule has 88 valence electrons. The van der Waals surface area contributed by atoms with E-state index >= 15 is 0 Å². The van der Waals surface area contributed by atoms with E-state index in [2.05, 4.69) is 0 Å². The highest BCUT2D eigenvalue weighted by molar-refractivity contribution is 5.81. The highest BCUT2D eigenvalue weighted by Crippen LogP contribution is 2.16. The number of aliphatic hydroxyl groups excluding tert-OH is 1. The Hall–Kier alpha value is -0.650. The lowest BCUT2D eigenvalue weighted by molar-refractivity contribution is -0.135. The normalized spacial score (nSPS) is 23.9. The molecule has 0 aromatic carbocycles. The van der Waals surface area contributed by atoms with Gasteiger partial charge in [0.1, 0.15) is 6.04 Å². The molecule has 1 fully saturated rings. The van der Waals surface area contributed by atoms with Gasteiger partial charge in [0.05, 0.1) is 6.61 Å². The van der Waals surface area contributed by atoms with Gasteiger partial charge < -0.3 is 20.5 Å². The van der Waals surface area contributed by atoms with Crippen LogP contribution in [0.3, 0.4) is 0 Å². The Balaban J connectivity index is 2.44. The smallest absolute Gasteiger partial charge is 0.241 e. The van der Waals surface area contributed by atoms with Crippen molar-refractivity contribution in [2.24, 2.45) is 11.7 Å². The van der Waals surface area contributed by atoms with Crippen LogP contribution in [0.15, 0.2) is 0 Å². The van der Waals surface area contributed by atoms with Gasteiger partial charge >= 0.3 is 0 Å². The summed E-state index contributed by atoms with van der Waals surface area (Å²) in [4.78, 5) is 13.5. The second-order valence-corrected chi connectivity index (χ2v) is 4.04. The van der Waals surface area contributed by atoms with Crippen LogP contribution in [0, 0.1) is 5.92 Å². The molecule has 1 saturated heterocycles. The summed E-state index contributed by atoms with van der Waals surface area (Å²) < 4.78 is 4.85. The summed E-state index contributed by atoms with van der Waals surface area (Å²) in [7, 11) is 1.53. The van der Waals surface area contributed by atoms with Gasteiger partial charge in [-0.1, -0.05) is 0 Å². The van der Waals surface area contributed by atoms with E-state index in [1.807, 2.05) is 0 Å². The summed E-state index contributed by atoms with van der Waals surface area (Å²) in [5.74, 6) is 0.132. The quantitative estimate of drug-likeness (QED) is 0.644. The van der Waals surface area contributed by atoms with Crippen molar-refractivity contribution in [3.05, 3.63) is 0 Å². The number of rotatable bonds is 4. The van der Waals surface area contributed by atoms with Gasteiger partial charge in [-0.25, -0.2) is 0 Å². The SMILES string of the molecule is COCC(N)C(=O)N1CCCC(CO)C1. The zero-order valence-corrected chi connectivity index (χ0v) is 9.19. The van der Waals surface area contributed by atoms with Crippen molar-refractivity contribution < 1.29 is 14.6 Å². The number of hydrogen-bond donors (Lipinski definition) is 2.